The van der Waals surface area contributed by atoms with E-state index < -0.39 is 0 Å². The summed E-state index contributed by atoms with van der Waals surface area (Å²) in [7, 11) is 0. The van der Waals surface area contributed by atoms with E-state index in [0.29, 0.717) is 0 Å². The van der Waals surface area contributed by atoms with E-state index in [-0.39, 0.29) is 57.8 Å². The summed E-state index contributed by atoms with van der Waals surface area (Å²) in [6, 6.07) is 10.3. The van der Waals surface area contributed by atoms with Crippen molar-refractivity contribution in [2.45, 2.75) is 60.8 Å². The molecule has 0 N–H and O–H groups in total. The van der Waals surface area contributed by atoms with E-state index in [0.717, 1.165) is 0 Å². The summed E-state index contributed by atoms with van der Waals surface area (Å²) in [6.07, 6.45) is 0. The maximum absolute atomic E-state index is 4.04. The van der Waals surface area contributed by atoms with Crippen LogP contribution in [0.2, 0.25) is 0 Å². The maximum Gasteiger partial charge on any atom is 3.00 e. The molecule has 0 aliphatic carbocycles. The summed E-state index contributed by atoms with van der Waals surface area (Å²) in [5.41, 5.74) is 1.83. The largest absolute Gasteiger partial charge is 3.00 e. The topological polar surface area (TPSA) is 0 Å². The van der Waals surface area contributed by atoms with Gasteiger partial charge in [-0.25, -0.2) is 0 Å². The van der Waals surface area contributed by atoms with Crippen LogP contribution in [-0.4, -0.2) is 0 Å². The Hall–Kier alpha value is 0.259. The number of hydrogen-bond donors (Lipinski definition) is 0. The van der Waals surface area contributed by atoms with E-state index in [9.17, 15) is 0 Å². The summed E-state index contributed by atoms with van der Waals surface area (Å²) in [5.74, 6) is 0. The predicted molar refractivity (Wildman–Crippen MR) is 101 cm³/mol. The van der Waals surface area contributed by atoms with Gasteiger partial charge in [-0.15, -0.1) is 5.41 Å². The van der Waals surface area contributed by atoms with Gasteiger partial charge < -0.3 is 28.2 Å². The van der Waals surface area contributed by atoms with Crippen LogP contribution in [0.4, 0.5) is 0 Å². The van der Waals surface area contributed by atoms with Gasteiger partial charge in [0.1, 0.15) is 0 Å². The molecule has 1 radical (unpaired) electrons. The molecule has 0 aliphatic rings. The molecule has 0 nitrogen and oxygen atoms in total. The van der Waals surface area contributed by atoms with Crippen LogP contribution in [-0.2, 0) is 39.6 Å². The van der Waals surface area contributed by atoms with Crippen molar-refractivity contribution in [3.05, 3.63) is 64.1 Å². The molecule has 0 unspecified atom stereocenters. The molecular weight excluding hydrogens is 362 g/mol. The summed E-state index contributed by atoms with van der Waals surface area (Å²) >= 11 is 0. The third-order valence-corrected chi connectivity index (χ3v) is 1.56. The zero-order valence-electron chi connectivity index (χ0n) is 16.8. The van der Waals surface area contributed by atoms with Crippen LogP contribution in [0.1, 0.15) is 61.0 Å². The minimum absolute atomic E-state index is 0. The van der Waals surface area contributed by atoms with E-state index in [1.165, 1.54) is 5.56 Å². The third-order valence-electron chi connectivity index (χ3n) is 1.56. The fourth-order valence-electron chi connectivity index (χ4n) is 0.889. The van der Waals surface area contributed by atoms with Crippen molar-refractivity contribution in [3.63, 3.8) is 0 Å². The van der Waals surface area contributed by atoms with Gasteiger partial charge in [-0.3, -0.25) is 0 Å². The molecule has 1 aromatic carbocycles. The molecule has 0 spiro atoms. The van der Waals surface area contributed by atoms with Gasteiger partial charge in [0.2, 0.25) is 0 Å². The fraction of sp³-hybridized carbons (Fsp3) is 0.524. The molecule has 137 valence electrons. The Labute approximate surface area is 169 Å². The average molecular weight is 400 g/mol. The van der Waals surface area contributed by atoms with E-state index in [4.69, 9.17) is 0 Å². The van der Waals surface area contributed by atoms with E-state index in [1.54, 1.807) is 0 Å². The molecule has 0 bridgehead atoms. The molecule has 0 heterocycles. The summed E-state index contributed by atoms with van der Waals surface area (Å²) in [5, 5.41) is 0. The molecule has 0 saturated heterocycles. The van der Waals surface area contributed by atoms with Gasteiger partial charge in [-0.05, 0) is 0 Å². The van der Waals surface area contributed by atoms with Crippen LogP contribution in [0.15, 0.2) is 30.3 Å². The van der Waals surface area contributed by atoms with Gasteiger partial charge in [0.05, 0.1) is 0 Å². The Kier molecular flexibility index (Phi) is 21.9. The Bertz CT molecular complexity index is 311. The van der Waals surface area contributed by atoms with Crippen LogP contribution in [0.25, 0.3) is 0 Å². The Morgan fingerprint density at radius 3 is 1.00 bits per heavy atom. The smallest absolute Gasteiger partial charge is 0.358 e. The Morgan fingerprint density at radius 2 is 0.870 bits per heavy atom. The Balaban J connectivity index is -0.0000000728. The van der Waals surface area contributed by atoms with Crippen molar-refractivity contribution in [1.82, 2.24) is 0 Å². The second-order valence-corrected chi connectivity index (χ2v) is 8.37. The molecule has 0 amide bonds. The second-order valence-electron chi connectivity index (χ2n) is 8.37. The van der Waals surface area contributed by atoms with Crippen molar-refractivity contribution in [2.75, 3.05) is 0 Å². The monoisotopic (exact) mass is 400 g/mol. The second kappa shape index (κ2) is 14.6. The van der Waals surface area contributed by atoms with Crippen molar-refractivity contribution in [2.24, 2.45) is 10.8 Å². The first-order valence-electron chi connectivity index (χ1n) is 7.22. The van der Waals surface area contributed by atoms with Crippen molar-refractivity contribution in [3.8, 4) is 0 Å². The van der Waals surface area contributed by atoms with Gasteiger partial charge in [-0.2, -0.15) is 10.8 Å². The minimum atomic E-state index is 0. The third kappa shape index (κ3) is 44.9. The first-order chi connectivity index (χ1) is 8.61. The number of rotatable bonds is 1. The number of benzene rings is 1. The van der Waals surface area contributed by atoms with Gasteiger partial charge in [0.25, 0.3) is 0 Å². The van der Waals surface area contributed by atoms with Crippen LogP contribution in [0.3, 0.4) is 0 Å². The zero-order valence-corrected chi connectivity index (χ0v) is 19.1. The summed E-state index contributed by atoms with van der Waals surface area (Å²) in [6.45, 7) is 28.3. The molecule has 0 fully saturated rings. The van der Waals surface area contributed by atoms with Gasteiger partial charge >= 0.3 is 17.1 Å². The molecule has 1 rings (SSSR count). The first-order valence-corrected chi connectivity index (χ1v) is 7.22. The molecule has 0 atom stereocenters. The predicted octanol–water partition coefficient (Wildman–Crippen LogP) is 6.98. The molecule has 2 heteroatoms. The molecule has 0 aromatic heterocycles. The van der Waals surface area contributed by atoms with Crippen LogP contribution >= 0.6 is 0 Å². The van der Waals surface area contributed by atoms with Gasteiger partial charge in [-0.1, -0.05) is 91.3 Å². The van der Waals surface area contributed by atoms with E-state index in [2.05, 4.69) is 88.3 Å². The van der Waals surface area contributed by atoms with Crippen molar-refractivity contribution in [1.29, 1.82) is 0 Å². The van der Waals surface area contributed by atoms with Crippen molar-refractivity contribution < 1.29 is 34.1 Å². The molecule has 23 heavy (non-hydrogen) atoms. The summed E-state index contributed by atoms with van der Waals surface area (Å²) < 4.78 is 0. The Morgan fingerprint density at radius 1 is 0.652 bits per heavy atom. The SMILES string of the molecule is [CH2-]C(C)(C)C.[CH2-]C(C)(C)C.[CH2-]C(C)(C)c1ccccc1.[CH3-].[Mn+3].[Mn]. The normalized spacial score (nSPS) is 10.2. The number of hydrogen-bond acceptors (Lipinski definition) is 0. The van der Waals surface area contributed by atoms with E-state index in [1.807, 2.05) is 18.2 Å². The molecule has 0 aliphatic heterocycles. The van der Waals surface area contributed by atoms with Gasteiger partial charge in [0, 0.05) is 17.1 Å². The van der Waals surface area contributed by atoms with Crippen LogP contribution in [0, 0.1) is 39.0 Å². The van der Waals surface area contributed by atoms with E-state index >= 15 is 0 Å². The van der Waals surface area contributed by atoms with Crippen LogP contribution < -0.4 is 0 Å². The molecule has 1 aromatic rings. The zero-order chi connectivity index (χ0) is 16.6. The fourth-order valence-corrected chi connectivity index (χ4v) is 0.889. The molecule has 0 saturated carbocycles. The van der Waals surface area contributed by atoms with Crippen LogP contribution in [0.5, 0.6) is 0 Å². The average Bonchev–Trinajstić information content (AvgIpc) is 2.12. The standard InChI is InChI=1S/C10H13.2C5H11.CH3.2Mn/c1-10(2,3)9-7-5-4-6-8-9;2*1-5(2,3)4;;;/h4-8H,1H2,2-3H3;2*1H2,2-4H3;1H3;;/q4*-1;;+3. The maximum atomic E-state index is 4.04. The summed E-state index contributed by atoms with van der Waals surface area (Å²) in [4.78, 5) is 0. The molecular formula is C21H38Mn2-. The van der Waals surface area contributed by atoms with Crippen molar-refractivity contribution >= 4 is 0 Å². The first kappa shape index (κ1) is 34.6. The quantitative estimate of drug-likeness (QED) is 0.352. The van der Waals surface area contributed by atoms with Gasteiger partial charge in [0.15, 0.2) is 0 Å². The minimum Gasteiger partial charge on any atom is -0.358 e.